The summed E-state index contributed by atoms with van der Waals surface area (Å²) in [7, 11) is 0. The van der Waals surface area contributed by atoms with E-state index < -0.39 is 0 Å². The van der Waals surface area contributed by atoms with E-state index in [0.29, 0.717) is 12.5 Å². The molecular weight excluding hydrogens is 252 g/mol. The number of aromatic nitrogens is 1. The van der Waals surface area contributed by atoms with Crippen LogP contribution < -0.4 is 5.73 Å². The number of halogens is 1. The quantitative estimate of drug-likeness (QED) is 0.917. The Morgan fingerprint density at radius 1 is 1.35 bits per heavy atom. The maximum Gasteiger partial charge on any atom is 0.0976 e. The lowest BCUT2D eigenvalue weighted by atomic mass is 10.1. The zero-order valence-corrected chi connectivity index (χ0v) is 11.5. The number of nitrogens with two attached hydrogens (primary N) is 1. The molecule has 1 atom stereocenters. The zero-order chi connectivity index (χ0) is 12.4. The maximum atomic E-state index is 5.88. The Labute approximate surface area is 110 Å². The number of thiazole rings is 1. The van der Waals surface area contributed by atoms with Crippen molar-refractivity contribution in [1.82, 2.24) is 4.98 Å². The number of hydrogen-bond acceptors (Lipinski definition) is 3. The maximum absolute atomic E-state index is 5.88. The van der Waals surface area contributed by atoms with Crippen LogP contribution in [0.4, 0.5) is 0 Å². The highest BCUT2D eigenvalue weighted by Gasteiger charge is 2.13. The minimum absolute atomic E-state index is 0.319. The van der Waals surface area contributed by atoms with Gasteiger partial charge in [-0.05, 0) is 19.1 Å². The zero-order valence-electron chi connectivity index (χ0n) is 9.90. The van der Waals surface area contributed by atoms with Crippen LogP contribution in [0, 0.1) is 6.92 Å². The second kappa shape index (κ2) is 5.17. The topological polar surface area (TPSA) is 38.9 Å². The fourth-order valence-electron chi connectivity index (χ4n) is 1.60. The normalized spacial score (nSPS) is 12.7. The van der Waals surface area contributed by atoms with Crippen molar-refractivity contribution in [3.05, 3.63) is 39.2 Å². The Kier molecular flexibility index (Phi) is 3.82. The summed E-state index contributed by atoms with van der Waals surface area (Å²) in [6, 6.07) is 7.78. The lowest BCUT2D eigenvalue weighted by molar-refractivity contribution is 0.766. The van der Waals surface area contributed by atoms with Gasteiger partial charge in [0.05, 0.1) is 10.7 Å². The van der Waals surface area contributed by atoms with E-state index in [1.165, 1.54) is 4.88 Å². The first-order chi connectivity index (χ1) is 8.11. The van der Waals surface area contributed by atoms with Crippen molar-refractivity contribution in [1.29, 1.82) is 0 Å². The van der Waals surface area contributed by atoms with Crippen LogP contribution in [0.1, 0.15) is 22.7 Å². The molecule has 1 heterocycles. The van der Waals surface area contributed by atoms with Gasteiger partial charge < -0.3 is 5.73 Å². The van der Waals surface area contributed by atoms with Gasteiger partial charge in [0.2, 0.25) is 0 Å². The Bertz CT molecular complexity index is 505. The molecule has 2 N–H and O–H groups in total. The SMILES string of the molecule is Cc1sc(C(C)CN)nc1-c1ccc(Cl)cc1. The monoisotopic (exact) mass is 266 g/mol. The van der Waals surface area contributed by atoms with Crippen LogP contribution in [0.5, 0.6) is 0 Å². The molecule has 4 heteroatoms. The largest absolute Gasteiger partial charge is 0.330 e. The molecular formula is C13H15ClN2S. The highest BCUT2D eigenvalue weighted by Crippen LogP contribution is 2.31. The van der Waals surface area contributed by atoms with Crippen molar-refractivity contribution in [3.63, 3.8) is 0 Å². The third-order valence-electron chi connectivity index (χ3n) is 2.71. The van der Waals surface area contributed by atoms with E-state index in [-0.39, 0.29) is 0 Å². The van der Waals surface area contributed by atoms with Gasteiger partial charge in [0, 0.05) is 27.9 Å². The van der Waals surface area contributed by atoms with Crippen molar-refractivity contribution in [2.75, 3.05) is 6.54 Å². The number of nitrogens with zero attached hydrogens (tertiary/aromatic N) is 1. The van der Waals surface area contributed by atoms with E-state index in [1.807, 2.05) is 24.3 Å². The van der Waals surface area contributed by atoms with Gasteiger partial charge in [-0.3, -0.25) is 0 Å². The molecule has 0 amide bonds. The summed E-state index contributed by atoms with van der Waals surface area (Å²) in [5.74, 6) is 0.319. The van der Waals surface area contributed by atoms with Gasteiger partial charge >= 0.3 is 0 Å². The van der Waals surface area contributed by atoms with Gasteiger partial charge in [-0.15, -0.1) is 11.3 Å². The summed E-state index contributed by atoms with van der Waals surface area (Å²) in [6.07, 6.45) is 0. The smallest absolute Gasteiger partial charge is 0.0976 e. The van der Waals surface area contributed by atoms with Crippen molar-refractivity contribution >= 4 is 22.9 Å². The predicted molar refractivity (Wildman–Crippen MR) is 74.8 cm³/mol. The van der Waals surface area contributed by atoms with Gasteiger partial charge in [-0.1, -0.05) is 30.7 Å². The van der Waals surface area contributed by atoms with Crippen LogP contribution in [0.25, 0.3) is 11.3 Å². The van der Waals surface area contributed by atoms with Gasteiger partial charge in [0.1, 0.15) is 0 Å². The van der Waals surface area contributed by atoms with Crippen LogP contribution in [0.15, 0.2) is 24.3 Å². The van der Waals surface area contributed by atoms with E-state index in [9.17, 15) is 0 Å². The lowest BCUT2D eigenvalue weighted by Crippen LogP contribution is -2.08. The average molecular weight is 267 g/mol. The van der Waals surface area contributed by atoms with Crippen LogP contribution in [0.2, 0.25) is 5.02 Å². The molecule has 17 heavy (non-hydrogen) atoms. The summed E-state index contributed by atoms with van der Waals surface area (Å²) in [5.41, 5.74) is 7.82. The molecule has 2 rings (SSSR count). The summed E-state index contributed by atoms with van der Waals surface area (Å²) in [6.45, 7) is 4.82. The molecule has 2 aromatic rings. The van der Waals surface area contributed by atoms with E-state index >= 15 is 0 Å². The third-order valence-corrected chi connectivity index (χ3v) is 4.16. The van der Waals surface area contributed by atoms with Crippen LogP contribution in [0.3, 0.4) is 0 Å². The van der Waals surface area contributed by atoms with E-state index in [4.69, 9.17) is 17.3 Å². The highest BCUT2D eigenvalue weighted by atomic mass is 35.5. The molecule has 1 unspecified atom stereocenters. The molecule has 0 aliphatic heterocycles. The Balaban J connectivity index is 2.39. The second-order valence-electron chi connectivity index (χ2n) is 4.10. The van der Waals surface area contributed by atoms with Crippen molar-refractivity contribution in [2.24, 2.45) is 5.73 Å². The van der Waals surface area contributed by atoms with E-state index in [2.05, 4.69) is 18.8 Å². The molecule has 0 aliphatic carbocycles. The number of hydrogen-bond donors (Lipinski definition) is 1. The number of aryl methyl sites for hydroxylation is 1. The van der Waals surface area contributed by atoms with Gasteiger partial charge in [-0.2, -0.15) is 0 Å². The molecule has 90 valence electrons. The minimum Gasteiger partial charge on any atom is -0.330 e. The summed E-state index contributed by atoms with van der Waals surface area (Å²) < 4.78 is 0. The first-order valence-corrected chi connectivity index (χ1v) is 6.74. The van der Waals surface area contributed by atoms with Crippen molar-refractivity contribution < 1.29 is 0 Å². The second-order valence-corrected chi connectivity index (χ2v) is 5.77. The molecule has 0 spiro atoms. The number of rotatable bonds is 3. The molecule has 2 nitrogen and oxygen atoms in total. The Morgan fingerprint density at radius 3 is 2.59 bits per heavy atom. The molecule has 0 saturated heterocycles. The first-order valence-electron chi connectivity index (χ1n) is 5.55. The molecule has 0 radical (unpaired) electrons. The Morgan fingerprint density at radius 2 is 2.00 bits per heavy atom. The standard InChI is InChI=1S/C13H15ClN2S/c1-8(7-15)13-16-12(9(2)17-13)10-3-5-11(14)6-4-10/h3-6,8H,7,15H2,1-2H3. The van der Waals surface area contributed by atoms with Crippen LogP contribution in [-0.2, 0) is 0 Å². The molecule has 0 fully saturated rings. The predicted octanol–water partition coefficient (Wildman–Crippen LogP) is 3.83. The molecule has 0 bridgehead atoms. The summed E-state index contributed by atoms with van der Waals surface area (Å²) in [4.78, 5) is 5.90. The van der Waals surface area contributed by atoms with Crippen molar-refractivity contribution in [2.45, 2.75) is 19.8 Å². The lowest BCUT2D eigenvalue weighted by Gasteiger charge is -2.02. The van der Waals surface area contributed by atoms with Crippen LogP contribution >= 0.6 is 22.9 Å². The average Bonchev–Trinajstić information content (AvgIpc) is 2.71. The van der Waals surface area contributed by atoms with E-state index in [1.54, 1.807) is 11.3 Å². The molecule has 0 aliphatic rings. The number of benzene rings is 1. The van der Waals surface area contributed by atoms with Gasteiger partial charge in [0.15, 0.2) is 0 Å². The van der Waals surface area contributed by atoms with Crippen LogP contribution in [-0.4, -0.2) is 11.5 Å². The van der Waals surface area contributed by atoms with Gasteiger partial charge in [0.25, 0.3) is 0 Å². The fraction of sp³-hybridized carbons (Fsp3) is 0.308. The molecule has 1 aromatic heterocycles. The minimum atomic E-state index is 0.319. The third kappa shape index (κ3) is 2.68. The summed E-state index contributed by atoms with van der Waals surface area (Å²) >= 11 is 7.60. The van der Waals surface area contributed by atoms with E-state index in [0.717, 1.165) is 21.3 Å². The fourth-order valence-corrected chi connectivity index (χ4v) is 2.74. The first kappa shape index (κ1) is 12.6. The van der Waals surface area contributed by atoms with Crippen molar-refractivity contribution in [3.8, 4) is 11.3 Å². The molecule has 0 saturated carbocycles. The summed E-state index contributed by atoms with van der Waals surface area (Å²) in [5, 5.41) is 1.85. The highest BCUT2D eigenvalue weighted by molar-refractivity contribution is 7.12. The Hall–Kier alpha value is -0.900. The molecule has 1 aromatic carbocycles. The van der Waals surface area contributed by atoms with Gasteiger partial charge in [-0.25, -0.2) is 4.98 Å².